The summed E-state index contributed by atoms with van der Waals surface area (Å²) in [6.07, 6.45) is 6.72. The first kappa shape index (κ1) is 20.4. The van der Waals surface area contributed by atoms with E-state index in [1.165, 1.54) is 25.8 Å². The summed E-state index contributed by atoms with van der Waals surface area (Å²) in [5, 5.41) is 16.6. The fourth-order valence-electron chi connectivity index (χ4n) is 3.33. The molecule has 0 radical (unpaired) electrons. The van der Waals surface area contributed by atoms with Gasteiger partial charge in [-0.25, -0.2) is 5.43 Å². The van der Waals surface area contributed by atoms with Crippen molar-refractivity contribution in [3.63, 3.8) is 0 Å². The van der Waals surface area contributed by atoms with Crippen LogP contribution in [0.3, 0.4) is 0 Å². The molecule has 7 heteroatoms. The number of carbonyl (C=O) groups is 2. The Morgan fingerprint density at radius 1 is 1.10 bits per heavy atom. The number of hydrazone groups is 1. The van der Waals surface area contributed by atoms with Crippen LogP contribution in [-0.4, -0.2) is 30.2 Å². The van der Waals surface area contributed by atoms with Crippen LogP contribution in [0.25, 0.3) is 0 Å². The Morgan fingerprint density at radius 2 is 1.83 bits per heavy atom. The number of benzene rings is 2. The number of phenols is 1. The molecule has 29 heavy (non-hydrogen) atoms. The Labute approximate surface area is 169 Å². The number of anilines is 1. The Morgan fingerprint density at radius 3 is 2.48 bits per heavy atom. The number of amides is 2. The number of phenolic OH excluding ortho intramolecular Hbond substituents is 1. The average Bonchev–Trinajstić information content (AvgIpc) is 2.75. The number of hydrogen-bond donors (Lipinski definition) is 3. The maximum Gasteiger partial charge on any atom is 0.271 e. The zero-order valence-electron chi connectivity index (χ0n) is 16.4. The topological polar surface area (TPSA) is 100 Å². The van der Waals surface area contributed by atoms with Gasteiger partial charge in [-0.3, -0.25) is 9.59 Å². The largest absolute Gasteiger partial charge is 0.504 e. The summed E-state index contributed by atoms with van der Waals surface area (Å²) in [6, 6.07) is 11.5. The van der Waals surface area contributed by atoms with Crippen molar-refractivity contribution in [3.8, 4) is 11.5 Å². The van der Waals surface area contributed by atoms with Crippen LogP contribution in [-0.2, 0) is 4.79 Å². The number of hydrogen-bond acceptors (Lipinski definition) is 5. The zero-order valence-corrected chi connectivity index (χ0v) is 16.4. The number of rotatable bonds is 6. The average molecular weight is 395 g/mol. The van der Waals surface area contributed by atoms with Crippen molar-refractivity contribution in [2.45, 2.75) is 32.1 Å². The van der Waals surface area contributed by atoms with Crippen LogP contribution >= 0.6 is 0 Å². The van der Waals surface area contributed by atoms with Crippen molar-refractivity contribution >= 4 is 23.7 Å². The van der Waals surface area contributed by atoms with Crippen molar-refractivity contribution in [1.82, 2.24) is 5.43 Å². The highest BCUT2D eigenvalue weighted by Gasteiger charge is 2.21. The quantitative estimate of drug-likeness (QED) is 0.513. The molecule has 0 heterocycles. The van der Waals surface area contributed by atoms with Crippen molar-refractivity contribution in [3.05, 3.63) is 53.6 Å². The molecule has 2 amide bonds. The Balaban J connectivity index is 1.53. The van der Waals surface area contributed by atoms with Crippen LogP contribution < -0.4 is 15.5 Å². The minimum atomic E-state index is -0.371. The number of carbonyl (C=O) groups excluding carboxylic acids is 2. The van der Waals surface area contributed by atoms with Gasteiger partial charge in [-0.05, 0) is 60.9 Å². The molecule has 0 bridgehead atoms. The van der Waals surface area contributed by atoms with Crippen molar-refractivity contribution in [2.75, 3.05) is 12.4 Å². The second kappa shape index (κ2) is 9.73. The first-order chi connectivity index (χ1) is 14.1. The third-order valence-corrected chi connectivity index (χ3v) is 4.97. The lowest BCUT2D eigenvalue weighted by Gasteiger charge is -2.20. The minimum absolute atomic E-state index is 0.00589. The third kappa shape index (κ3) is 5.57. The lowest BCUT2D eigenvalue weighted by atomic mass is 9.88. The molecule has 0 unspecified atom stereocenters. The normalized spacial score (nSPS) is 14.5. The van der Waals surface area contributed by atoms with E-state index >= 15 is 0 Å². The van der Waals surface area contributed by atoms with Gasteiger partial charge in [0, 0.05) is 17.2 Å². The monoisotopic (exact) mass is 395 g/mol. The SMILES string of the molecule is COc1ccc(/C=N\NC(=O)c2ccc(NC(=O)C3CCCCC3)cc2)cc1O. The number of nitrogens with zero attached hydrogens (tertiary/aromatic N) is 1. The van der Waals surface area contributed by atoms with Gasteiger partial charge < -0.3 is 15.2 Å². The van der Waals surface area contributed by atoms with E-state index in [4.69, 9.17) is 4.74 Å². The van der Waals surface area contributed by atoms with Gasteiger partial charge >= 0.3 is 0 Å². The fraction of sp³-hybridized carbons (Fsp3) is 0.318. The van der Waals surface area contributed by atoms with Crippen LogP contribution in [0.15, 0.2) is 47.6 Å². The molecule has 3 rings (SSSR count). The molecule has 7 nitrogen and oxygen atoms in total. The van der Waals surface area contributed by atoms with Gasteiger partial charge in [-0.1, -0.05) is 19.3 Å². The van der Waals surface area contributed by atoms with E-state index in [-0.39, 0.29) is 23.5 Å². The summed E-state index contributed by atoms with van der Waals surface area (Å²) in [5.74, 6) is 0.118. The van der Waals surface area contributed by atoms with Crippen LogP contribution in [0.1, 0.15) is 48.0 Å². The van der Waals surface area contributed by atoms with E-state index in [0.717, 1.165) is 25.7 Å². The number of nitrogens with one attached hydrogen (secondary N) is 2. The van der Waals surface area contributed by atoms with Crippen molar-refractivity contribution in [2.24, 2.45) is 11.0 Å². The highest BCUT2D eigenvalue weighted by Crippen LogP contribution is 2.26. The van der Waals surface area contributed by atoms with Gasteiger partial charge in [0.25, 0.3) is 5.91 Å². The molecule has 0 aromatic heterocycles. The zero-order chi connectivity index (χ0) is 20.6. The smallest absolute Gasteiger partial charge is 0.271 e. The van der Waals surface area contributed by atoms with Crippen LogP contribution in [0.2, 0.25) is 0 Å². The highest BCUT2D eigenvalue weighted by molar-refractivity contribution is 5.96. The Hall–Kier alpha value is -3.35. The van der Waals surface area contributed by atoms with Gasteiger partial charge in [0.2, 0.25) is 5.91 Å². The second-order valence-corrected chi connectivity index (χ2v) is 7.03. The van der Waals surface area contributed by atoms with Crippen molar-refractivity contribution in [1.29, 1.82) is 0 Å². The summed E-state index contributed by atoms with van der Waals surface area (Å²) < 4.78 is 4.98. The van der Waals surface area contributed by atoms with Gasteiger partial charge in [0.05, 0.1) is 13.3 Å². The molecule has 0 aliphatic heterocycles. The van der Waals surface area contributed by atoms with Crippen LogP contribution in [0, 0.1) is 5.92 Å². The standard InChI is InChI=1S/C22H25N3O4/c1-29-20-12-7-15(13-19(20)26)14-23-25-22(28)17-8-10-18(11-9-17)24-21(27)16-5-3-2-4-6-16/h7-14,16,26H,2-6H2,1H3,(H,24,27)(H,25,28)/b23-14-. The Bertz CT molecular complexity index is 887. The van der Waals surface area contributed by atoms with E-state index in [2.05, 4.69) is 15.8 Å². The number of methoxy groups -OCH3 is 1. The first-order valence-electron chi connectivity index (χ1n) is 9.68. The second-order valence-electron chi connectivity index (χ2n) is 7.03. The van der Waals surface area contributed by atoms with E-state index in [0.29, 0.717) is 22.6 Å². The molecule has 0 spiro atoms. The van der Waals surface area contributed by atoms with Gasteiger partial charge in [-0.2, -0.15) is 5.10 Å². The molecule has 0 saturated heterocycles. The molecule has 1 aliphatic rings. The van der Waals surface area contributed by atoms with Gasteiger partial charge in [0.1, 0.15) is 0 Å². The summed E-state index contributed by atoms with van der Waals surface area (Å²) in [4.78, 5) is 24.5. The number of aromatic hydroxyl groups is 1. The van der Waals surface area contributed by atoms with Crippen molar-refractivity contribution < 1.29 is 19.4 Å². The lowest BCUT2D eigenvalue weighted by molar-refractivity contribution is -0.120. The van der Waals surface area contributed by atoms with Crippen LogP contribution in [0.4, 0.5) is 5.69 Å². The molecule has 1 saturated carbocycles. The molecular formula is C22H25N3O4. The summed E-state index contributed by atoms with van der Waals surface area (Å²) in [7, 11) is 1.47. The Kier molecular flexibility index (Phi) is 6.84. The molecule has 1 aliphatic carbocycles. The van der Waals surface area contributed by atoms with E-state index in [9.17, 15) is 14.7 Å². The first-order valence-corrected chi connectivity index (χ1v) is 9.68. The molecule has 2 aromatic rings. The fourth-order valence-corrected chi connectivity index (χ4v) is 3.33. The summed E-state index contributed by atoms with van der Waals surface area (Å²) in [5.41, 5.74) is 4.15. The lowest BCUT2D eigenvalue weighted by Crippen LogP contribution is -2.24. The molecule has 152 valence electrons. The van der Waals surface area contributed by atoms with E-state index in [1.54, 1.807) is 36.4 Å². The van der Waals surface area contributed by atoms with Crippen LogP contribution in [0.5, 0.6) is 11.5 Å². The molecule has 0 atom stereocenters. The maximum absolute atomic E-state index is 12.3. The third-order valence-electron chi connectivity index (χ3n) is 4.97. The predicted molar refractivity (Wildman–Crippen MR) is 111 cm³/mol. The summed E-state index contributed by atoms with van der Waals surface area (Å²) in [6.45, 7) is 0. The molecular weight excluding hydrogens is 370 g/mol. The van der Waals surface area contributed by atoms with E-state index < -0.39 is 0 Å². The number of ether oxygens (including phenoxy) is 1. The maximum atomic E-state index is 12.3. The molecule has 1 fully saturated rings. The highest BCUT2D eigenvalue weighted by atomic mass is 16.5. The molecule has 3 N–H and O–H groups in total. The summed E-state index contributed by atoms with van der Waals surface area (Å²) >= 11 is 0. The van der Waals surface area contributed by atoms with Gasteiger partial charge in [-0.15, -0.1) is 0 Å². The molecule has 2 aromatic carbocycles. The predicted octanol–water partition coefficient (Wildman–Crippen LogP) is 3.68. The van der Waals surface area contributed by atoms with Gasteiger partial charge in [0.15, 0.2) is 11.5 Å². The van der Waals surface area contributed by atoms with E-state index in [1.807, 2.05) is 0 Å². The minimum Gasteiger partial charge on any atom is -0.504 e.